The van der Waals surface area contributed by atoms with Crippen molar-refractivity contribution in [3.05, 3.63) is 0 Å². The monoisotopic (exact) mass is 205 g/mol. The van der Waals surface area contributed by atoms with E-state index >= 15 is 0 Å². The van der Waals surface area contributed by atoms with Crippen molar-refractivity contribution in [2.45, 2.75) is 19.3 Å². The maximum atomic E-state index is 8.68. The summed E-state index contributed by atoms with van der Waals surface area (Å²) in [5.74, 6) is 0.739. The number of rotatable bonds is 5. The van der Waals surface area contributed by atoms with E-state index in [1.165, 1.54) is 25.9 Å². The van der Waals surface area contributed by atoms with Gasteiger partial charge in [0.1, 0.15) is 0 Å². The van der Waals surface area contributed by atoms with Crippen LogP contribution in [0.25, 0.3) is 0 Å². The third-order valence-electron chi connectivity index (χ3n) is 2.67. The zero-order valence-electron chi connectivity index (χ0n) is 8.11. The average molecular weight is 205 g/mol. The molecule has 0 aromatic carbocycles. The molecule has 1 aliphatic rings. The van der Waals surface area contributed by atoms with Crippen LogP contribution in [-0.4, -0.2) is 42.9 Å². The van der Waals surface area contributed by atoms with Crippen LogP contribution in [-0.2, 0) is 4.52 Å². The topological polar surface area (TPSA) is 32.7 Å². The summed E-state index contributed by atoms with van der Waals surface area (Å²) in [6.45, 7) is 4.56. The molecule has 0 aliphatic carbocycles. The summed E-state index contributed by atoms with van der Waals surface area (Å²) in [6, 6.07) is 0. The predicted molar refractivity (Wildman–Crippen MR) is 56.5 cm³/mol. The highest BCUT2D eigenvalue weighted by Gasteiger charge is 2.18. The molecule has 0 radical (unpaired) electrons. The molecule has 0 saturated carbocycles. The van der Waals surface area contributed by atoms with E-state index in [0.29, 0.717) is 6.61 Å². The molecule has 1 saturated heterocycles. The lowest BCUT2D eigenvalue weighted by atomic mass is 9.98. The van der Waals surface area contributed by atoms with E-state index in [1.807, 2.05) is 0 Å². The third-order valence-corrected chi connectivity index (χ3v) is 2.86. The van der Waals surface area contributed by atoms with Crippen molar-refractivity contribution in [1.82, 2.24) is 4.90 Å². The zero-order valence-corrected chi connectivity index (χ0v) is 9.27. The van der Waals surface area contributed by atoms with E-state index in [2.05, 4.69) is 14.4 Å². The fourth-order valence-corrected chi connectivity index (χ4v) is 2.08. The summed E-state index contributed by atoms with van der Waals surface area (Å²) >= 11 is 0. The van der Waals surface area contributed by atoms with Crippen LogP contribution in [0.15, 0.2) is 0 Å². The second kappa shape index (κ2) is 6.72. The van der Waals surface area contributed by atoms with Crippen molar-refractivity contribution in [3.63, 3.8) is 0 Å². The van der Waals surface area contributed by atoms with E-state index in [1.54, 1.807) is 0 Å². The normalized spacial score (nSPS) is 20.8. The standard InChI is InChI=1S/C9H20NO2P/c11-7-1-4-10-5-2-9(3-6-10)8-12-13/h9,11H,1-8,13H2. The molecule has 13 heavy (non-hydrogen) atoms. The minimum atomic E-state index is 0.314. The predicted octanol–water partition coefficient (Wildman–Crippen LogP) is 0.887. The highest BCUT2D eigenvalue weighted by Crippen LogP contribution is 2.18. The molecule has 3 nitrogen and oxygen atoms in total. The van der Waals surface area contributed by atoms with Gasteiger partial charge in [0.15, 0.2) is 0 Å². The Labute approximate surface area is 82.7 Å². The van der Waals surface area contributed by atoms with Gasteiger partial charge < -0.3 is 14.5 Å². The van der Waals surface area contributed by atoms with Gasteiger partial charge in [-0.15, -0.1) is 0 Å². The van der Waals surface area contributed by atoms with Crippen LogP contribution in [0.1, 0.15) is 19.3 Å². The van der Waals surface area contributed by atoms with E-state index in [0.717, 1.165) is 25.5 Å². The second-order valence-corrected chi connectivity index (χ2v) is 4.03. The highest BCUT2D eigenvalue weighted by molar-refractivity contribution is 7.09. The van der Waals surface area contributed by atoms with Gasteiger partial charge in [-0.2, -0.15) is 0 Å². The van der Waals surface area contributed by atoms with Crippen molar-refractivity contribution in [2.24, 2.45) is 5.92 Å². The average Bonchev–Trinajstić information content (AvgIpc) is 2.17. The van der Waals surface area contributed by atoms with Gasteiger partial charge in [0.25, 0.3) is 0 Å². The molecule has 0 spiro atoms. The molecule has 1 rings (SSSR count). The molecule has 1 N–H and O–H groups in total. The van der Waals surface area contributed by atoms with Crippen LogP contribution in [0.4, 0.5) is 0 Å². The van der Waals surface area contributed by atoms with E-state index in [-0.39, 0.29) is 0 Å². The molecular formula is C9H20NO2P. The number of hydrogen-bond acceptors (Lipinski definition) is 3. The fraction of sp³-hybridized carbons (Fsp3) is 1.00. The van der Waals surface area contributed by atoms with Gasteiger partial charge in [0.05, 0.1) is 6.61 Å². The van der Waals surface area contributed by atoms with E-state index in [4.69, 9.17) is 9.63 Å². The van der Waals surface area contributed by atoms with Crippen molar-refractivity contribution >= 4 is 9.47 Å². The zero-order chi connectivity index (χ0) is 9.52. The van der Waals surface area contributed by atoms with Gasteiger partial charge in [-0.05, 0) is 38.3 Å². The fourth-order valence-electron chi connectivity index (χ4n) is 1.81. The Bertz CT molecular complexity index is 127. The Morgan fingerprint density at radius 3 is 2.62 bits per heavy atom. The third kappa shape index (κ3) is 4.37. The molecule has 4 heteroatoms. The van der Waals surface area contributed by atoms with Crippen LogP contribution in [0.5, 0.6) is 0 Å². The molecule has 1 atom stereocenters. The molecule has 0 amide bonds. The minimum absolute atomic E-state index is 0.314. The Hall–Kier alpha value is 0.310. The number of aliphatic hydroxyl groups excluding tert-OH is 1. The minimum Gasteiger partial charge on any atom is -0.396 e. The number of aliphatic hydroxyl groups is 1. The van der Waals surface area contributed by atoms with Crippen LogP contribution in [0, 0.1) is 5.92 Å². The molecule has 1 unspecified atom stereocenters. The van der Waals surface area contributed by atoms with Gasteiger partial charge in [-0.25, -0.2) is 0 Å². The first kappa shape index (κ1) is 11.4. The summed E-state index contributed by atoms with van der Waals surface area (Å²) < 4.78 is 5.06. The molecule has 0 aromatic rings. The van der Waals surface area contributed by atoms with Crippen LogP contribution < -0.4 is 0 Å². The summed E-state index contributed by atoms with van der Waals surface area (Å²) in [5, 5.41) is 8.68. The van der Waals surface area contributed by atoms with Crippen molar-refractivity contribution in [2.75, 3.05) is 32.8 Å². The molecule has 1 fully saturated rings. The lowest BCUT2D eigenvalue weighted by Gasteiger charge is -2.31. The van der Waals surface area contributed by atoms with Crippen LogP contribution in [0.2, 0.25) is 0 Å². The second-order valence-electron chi connectivity index (χ2n) is 3.70. The lowest BCUT2D eigenvalue weighted by molar-refractivity contribution is 0.141. The van der Waals surface area contributed by atoms with Crippen LogP contribution >= 0.6 is 9.47 Å². The molecule has 1 heterocycles. The van der Waals surface area contributed by atoms with Crippen molar-refractivity contribution in [1.29, 1.82) is 0 Å². The molecular weight excluding hydrogens is 185 g/mol. The maximum Gasteiger partial charge on any atom is 0.0531 e. The maximum absolute atomic E-state index is 8.68. The molecule has 1 aliphatic heterocycles. The van der Waals surface area contributed by atoms with Gasteiger partial charge in [0, 0.05) is 22.6 Å². The first-order valence-electron chi connectivity index (χ1n) is 5.01. The summed E-state index contributed by atoms with van der Waals surface area (Å²) in [6.07, 6.45) is 3.38. The van der Waals surface area contributed by atoms with E-state index < -0.39 is 0 Å². The number of piperidine rings is 1. The Kier molecular flexibility index (Phi) is 5.88. The molecule has 0 bridgehead atoms. The quantitative estimate of drug-likeness (QED) is 0.676. The first-order valence-corrected chi connectivity index (χ1v) is 5.49. The highest BCUT2D eigenvalue weighted by atomic mass is 31.0. The van der Waals surface area contributed by atoms with Crippen LogP contribution in [0.3, 0.4) is 0 Å². The number of hydrogen-bond donors (Lipinski definition) is 1. The summed E-state index contributed by atoms with van der Waals surface area (Å²) in [5.41, 5.74) is 0. The smallest absolute Gasteiger partial charge is 0.0531 e. The Balaban J connectivity index is 2.08. The van der Waals surface area contributed by atoms with Crippen molar-refractivity contribution < 1.29 is 9.63 Å². The van der Waals surface area contributed by atoms with E-state index in [9.17, 15) is 0 Å². The SMILES string of the molecule is OCCCN1CCC(COP)CC1. The molecule has 78 valence electrons. The molecule has 0 aromatic heterocycles. The first-order chi connectivity index (χ1) is 6.36. The summed E-state index contributed by atoms with van der Waals surface area (Å²) in [7, 11) is 2.32. The van der Waals surface area contributed by atoms with Gasteiger partial charge in [0.2, 0.25) is 0 Å². The lowest BCUT2D eigenvalue weighted by Crippen LogP contribution is -2.35. The van der Waals surface area contributed by atoms with Gasteiger partial charge in [-0.3, -0.25) is 0 Å². The largest absolute Gasteiger partial charge is 0.396 e. The Morgan fingerprint density at radius 1 is 1.38 bits per heavy atom. The number of nitrogens with zero attached hydrogens (tertiary/aromatic N) is 1. The van der Waals surface area contributed by atoms with Crippen molar-refractivity contribution in [3.8, 4) is 0 Å². The number of likely N-dealkylation sites (tertiary alicyclic amines) is 1. The Morgan fingerprint density at radius 2 is 2.08 bits per heavy atom. The summed E-state index contributed by atoms with van der Waals surface area (Å²) in [4.78, 5) is 2.43. The van der Waals surface area contributed by atoms with Gasteiger partial charge >= 0.3 is 0 Å². The van der Waals surface area contributed by atoms with Gasteiger partial charge in [-0.1, -0.05) is 0 Å².